The number of anilines is 1. The largest absolute Gasteiger partial charge is 0.493 e. The molecule has 0 radical (unpaired) electrons. The number of amides is 4. The Labute approximate surface area is 204 Å². The number of rotatable bonds is 7. The van der Waals surface area contributed by atoms with Gasteiger partial charge in [-0.2, -0.15) is 0 Å². The lowest BCUT2D eigenvalue weighted by Gasteiger charge is -2.26. The van der Waals surface area contributed by atoms with E-state index < -0.39 is 17.8 Å². The third-order valence-electron chi connectivity index (χ3n) is 5.85. The number of carbonyl (C=O) groups excluding carboxylic acids is 3. The molecule has 0 unspecified atom stereocenters. The normalized spacial score (nSPS) is 14.8. The molecule has 178 valence electrons. The number of carbonyl (C=O) groups is 3. The number of benzene rings is 3. The maximum atomic E-state index is 13.1. The molecule has 0 aliphatic carbocycles. The van der Waals surface area contributed by atoms with Gasteiger partial charge in [0.15, 0.2) is 11.5 Å². The van der Waals surface area contributed by atoms with E-state index in [4.69, 9.17) is 9.47 Å². The highest BCUT2D eigenvalue weighted by molar-refractivity contribution is 6.39. The van der Waals surface area contributed by atoms with Crippen molar-refractivity contribution in [2.45, 2.75) is 26.9 Å². The summed E-state index contributed by atoms with van der Waals surface area (Å²) in [5.41, 5.74) is 4.04. The van der Waals surface area contributed by atoms with Crippen LogP contribution in [0.25, 0.3) is 6.08 Å². The first-order valence-electron chi connectivity index (χ1n) is 11.3. The van der Waals surface area contributed by atoms with E-state index in [1.807, 2.05) is 50.2 Å². The first kappa shape index (κ1) is 23.8. The van der Waals surface area contributed by atoms with Crippen LogP contribution in [0, 0.1) is 6.92 Å². The summed E-state index contributed by atoms with van der Waals surface area (Å²) in [5, 5.41) is 2.24. The highest BCUT2D eigenvalue weighted by atomic mass is 16.5. The van der Waals surface area contributed by atoms with Gasteiger partial charge in [0.25, 0.3) is 11.8 Å². The fourth-order valence-electron chi connectivity index (χ4n) is 3.76. The quantitative estimate of drug-likeness (QED) is 0.396. The lowest BCUT2D eigenvalue weighted by Crippen LogP contribution is -2.54. The van der Waals surface area contributed by atoms with Crippen molar-refractivity contribution >= 4 is 29.6 Å². The van der Waals surface area contributed by atoms with Crippen LogP contribution in [0.15, 0.2) is 72.3 Å². The van der Waals surface area contributed by atoms with Crippen molar-refractivity contribution in [3.8, 4) is 11.5 Å². The Morgan fingerprint density at radius 2 is 1.69 bits per heavy atom. The van der Waals surface area contributed by atoms with E-state index in [1.165, 1.54) is 13.2 Å². The number of aryl methyl sites for hydroxylation is 2. The maximum absolute atomic E-state index is 13.1. The Kier molecular flexibility index (Phi) is 6.96. The second-order valence-electron chi connectivity index (χ2n) is 8.10. The van der Waals surface area contributed by atoms with Crippen molar-refractivity contribution in [3.05, 3.63) is 94.6 Å². The molecule has 7 heteroatoms. The molecule has 1 saturated heterocycles. The molecule has 0 atom stereocenters. The lowest BCUT2D eigenvalue weighted by atomic mass is 10.1. The van der Waals surface area contributed by atoms with E-state index in [0.29, 0.717) is 29.4 Å². The van der Waals surface area contributed by atoms with Gasteiger partial charge in [-0.1, -0.05) is 49.4 Å². The zero-order chi connectivity index (χ0) is 24.9. The number of urea groups is 1. The molecule has 1 N–H and O–H groups in total. The zero-order valence-electron chi connectivity index (χ0n) is 19.8. The molecule has 1 heterocycles. The Morgan fingerprint density at radius 1 is 0.943 bits per heavy atom. The summed E-state index contributed by atoms with van der Waals surface area (Å²) in [6, 6.07) is 19.3. The Bertz CT molecular complexity index is 1310. The Morgan fingerprint density at radius 3 is 2.37 bits per heavy atom. The number of methoxy groups -OCH3 is 1. The van der Waals surface area contributed by atoms with Crippen LogP contribution in [-0.2, 0) is 22.6 Å². The molecule has 0 aromatic heterocycles. The first-order valence-corrected chi connectivity index (χ1v) is 11.3. The second-order valence-corrected chi connectivity index (χ2v) is 8.10. The smallest absolute Gasteiger partial charge is 0.335 e. The summed E-state index contributed by atoms with van der Waals surface area (Å²) in [6.07, 6.45) is 2.27. The van der Waals surface area contributed by atoms with Crippen LogP contribution in [0.5, 0.6) is 11.5 Å². The Balaban J connectivity index is 1.59. The monoisotopic (exact) mass is 470 g/mol. The predicted molar refractivity (Wildman–Crippen MR) is 133 cm³/mol. The highest BCUT2D eigenvalue weighted by Gasteiger charge is 2.36. The molecule has 0 saturated carbocycles. The van der Waals surface area contributed by atoms with E-state index >= 15 is 0 Å². The number of hydrogen-bond acceptors (Lipinski definition) is 5. The zero-order valence-corrected chi connectivity index (χ0v) is 19.8. The van der Waals surface area contributed by atoms with Crippen molar-refractivity contribution in [2.75, 3.05) is 12.0 Å². The summed E-state index contributed by atoms with van der Waals surface area (Å²) in [7, 11) is 1.52. The topological polar surface area (TPSA) is 84.9 Å². The number of nitrogens with zero attached hydrogens (tertiary/aromatic N) is 1. The number of imide groups is 2. The number of hydrogen-bond donors (Lipinski definition) is 1. The third-order valence-corrected chi connectivity index (χ3v) is 5.85. The van der Waals surface area contributed by atoms with Crippen LogP contribution in [0.1, 0.15) is 29.2 Å². The van der Waals surface area contributed by atoms with E-state index in [0.717, 1.165) is 28.0 Å². The molecule has 35 heavy (non-hydrogen) atoms. The molecular weight excluding hydrogens is 444 g/mol. The predicted octanol–water partition coefficient (Wildman–Crippen LogP) is 4.81. The molecule has 0 spiro atoms. The second kappa shape index (κ2) is 10.3. The molecule has 4 rings (SSSR count). The molecule has 7 nitrogen and oxygen atoms in total. The average Bonchev–Trinajstić information content (AvgIpc) is 2.86. The SMILES string of the molecule is CCc1ccc(N2C(=O)NC(=O)/C(=C/c3ccc(OCc4ccccc4C)c(OC)c3)C2=O)cc1. The number of nitrogens with one attached hydrogen (secondary N) is 1. The van der Waals surface area contributed by atoms with Gasteiger partial charge in [0, 0.05) is 0 Å². The van der Waals surface area contributed by atoms with Gasteiger partial charge in [0.2, 0.25) is 0 Å². The van der Waals surface area contributed by atoms with Crippen molar-refractivity contribution in [1.29, 1.82) is 0 Å². The molecule has 3 aromatic rings. The summed E-state index contributed by atoms with van der Waals surface area (Å²) in [5.74, 6) is -0.452. The van der Waals surface area contributed by atoms with Gasteiger partial charge in [-0.15, -0.1) is 0 Å². The van der Waals surface area contributed by atoms with E-state index in [-0.39, 0.29) is 5.57 Å². The molecule has 4 amide bonds. The minimum atomic E-state index is -0.779. The summed E-state index contributed by atoms with van der Waals surface area (Å²) in [4.78, 5) is 39.0. The van der Waals surface area contributed by atoms with Crippen LogP contribution in [-0.4, -0.2) is 25.0 Å². The van der Waals surface area contributed by atoms with Crippen molar-refractivity contribution < 1.29 is 23.9 Å². The number of ether oxygens (including phenoxy) is 2. The van der Waals surface area contributed by atoms with Crippen LogP contribution >= 0.6 is 0 Å². The minimum absolute atomic E-state index is 0.153. The van der Waals surface area contributed by atoms with Crippen LogP contribution in [0.4, 0.5) is 10.5 Å². The van der Waals surface area contributed by atoms with Gasteiger partial charge in [0.05, 0.1) is 12.8 Å². The van der Waals surface area contributed by atoms with Crippen molar-refractivity contribution in [1.82, 2.24) is 5.32 Å². The average molecular weight is 471 g/mol. The van der Waals surface area contributed by atoms with Crippen LogP contribution < -0.4 is 19.7 Å². The van der Waals surface area contributed by atoms with Gasteiger partial charge in [-0.3, -0.25) is 14.9 Å². The van der Waals surface area contributed by atoms with E-state index in [2.05, 4.69) is 5.32 Å². The lowest BCUT2D eigenvalue weighted by molar-refractivity contribution is -0.122. The van der Waals surface area contributed by atoms with E-state index in [1.54, 1.807) is 30.3 Å². The van der Waals surface area contributed by atoms with Gasteiger partial charge < -0.3 is 9.47 Å². The summed E-state index contributed by atoms with van der Waals surface area (Å²) in [6.45, 7) is 4.41. The molecule has 0 bridgehead atoms. The van der Waals surface area contributed by atoms with Crippen molar-refractivity contribution in [2.24, 2.45) is 0 Å². The molecule has 1 aliphatic rings. The van der Waals surface area contributed by atoms with Crippen LogP contribution in [0.3, 0.4) is 0 Å². The van der Waals surface area contributed by atoms with Gasteiger partial charge in [-0.25, -0.2) is 9.69 Å². The molecule has 1 fully saturated rings. The minimum Gasteiger partial charge on any atom is -0.493 e. The summed E-state index contributed by atoms with van der Waals surface area (Å²) < 4.78 is 11.4. The van der Waals surface area contributed by atoms with Gasteiger partial charge in [-0.05, 0) is 65.9 Å². The fourth-order valence-corrected chi connectivity index (χ4v) is 3.76. The standard InChI is InChI=1S/C28H26N2O5/c1-4-19-9-12-22(13-10-19)30-27(32)23(26(31)29-28(30)33)15-20-11-14-24(25(16-20)34-3)35-17-21-8-6-5-7-18(21)2/h5-16H,4,17H2,1-3H3,(H,29,31,33)/b23-15-. The third kappa shape index (κ3) is 5.09. The highest BCUT2D eigenvalue weighted by Crippen LogP contribution is 2.31. The molecule has 1 aliphatic heterocycles. The summed E-state index contributed by atoms with van der Waals surface area (Å²) >= 11 is 0. The van der Waals surface area contributed by atoms with Crippen LogP contribution in [0.2, 0.25) is 0 Å². The molecular formula is C28H26N2O5. The molecule has 3 aromatic carbocycles. The van der Waals surface area contributed by atoms with Gasteiger partial charge >= 0.3 is 6.03 Å². The Hall–Kier alpha value is -4.39. The van der Waals surface area contributed by atoms with Crippen molar-refractivity contribution in [3.63, 3.8) is 0 Å². The van der Waals surface area contributed by atoms with E-state index in [9.17, 15) is 14.4 Å². The number of barbiturate groups is 1. The van der Waals surface area contributed by atoms with Gasteiger partial charge in [0.1, 0.15) is 12.2 Å². The maximum Gasteiger partial charge on any atom is 0.335 e. The first-order chi connectivity index (χ1) is 16.9. The fraction of sp³-hybridized carbons (Fsp3) is 0.179.